The van der Waals surface area contributed by atoms with Crippen LogP contribution in [0, 0.1) is 19.3 Å². The van der Waals surface area contributed by atoms with Crippen LogP contribution in [0.1, 0.15) is 64.9 Å². The van der Waals surface area contributed by atoms with Gasteiger partial charge < -0.3 is 4.74 Å². The summed E-state index contributed by atoms with van der Waals surface area (Å²) in [4.78, 5) is 8.36. The number of nitrogens with zero attached hydrogens (tertiary/aromatic N) is 2. The van der Waals surface area contributed by atoms with Gasteiger partial charge in [-0.15, -0.1) is 0 Å². The summed E-state index contributed by atoms with van der Waals surface area (Å²) in [6.45, 7) is 11.7. The summed E-state index contributed by atoms with van der Waals surface area (Å²) < 4.78 is 31.4. The van der Waals surface area contributed by atoms with E-state index in [1.54, 1.807) is 6.07 Å². The zero-order valence-electron chi connectivity index (χ0n) is 14.5. The zero-order chi connectivity index (χ0) is 17.0. The van der Waals surface area contributed by atoms with Crippen molar-refractivity contribution in [2.75, 3.05) is 0 Å². The van der Waals surface area contributed by atoms with E-state index in [4.69, 9.17) is 4.74 Å². The molecule has 0 N–H and O–H groups in total. The number of rotatable bonds is 2. The normalized spacial score (nSPS) is 20.5. The third kappa shape index (κ3) is 4.37. The minimum Gasteiger partial charge on any atom is -0.474 e. The number of hydrogen-bond donors (Lipinski definition) is 0. The Morgan fingerprint density at radius 2 is 1.59 bits per heavy atom. The van der Waals surface area contributed by atoms with E-state index in [0.29, 0.717) is 11.7 Å². The molecule has 2 saturated carbocycles. The van der Waals surface area contributed by atoms with Crippen molar-refractivity contribution in [2.24, 2.45) is 5.41 Å². The highest BCUT2D eigenvalue weighted by molar-refractivity contribution is 5.17. The molecule has 0 aromatic carbocycles. The summed E-state index contributed by atoms with van der Waals surface area (Å²) in [6.07, 6.45) is 1.55. The van der Waals surface area contributed by atoms with Crippen molar-refractivity contribution < 1.29 is 13.5 Å². The molecule has 3 rings (SSSR count). The van der Waals surface area contributed by atoms with Crippen molar-refractivity contribution in [1.29, 1.82) is 0 Å². The summed E-state index contributed by atoms with van der Waals surface area (Å²) in [5.41, 5.74) is 0.715. The minimum atomic E-state index is -2.44. The number of ether oxygens (including phenoxy) is 1. The van der Waals surface area contributed by atoms with E-state index >= 15 is 0 Å². The maximum absolute atomic E-state index is 12.9. The molecule has 22 heavy (non-hydrogen) atoms. The summed E-state index contributed by atoms with van der Waals surface area (Å²) in [6, 6.07) is 1.79. The number of aromatic nitrogens is 2. The zero-order valence-corrected chi connectivity index (χ0v) is 14.5. The second-order valence-electron chi connectivity index (χ2n) is 5.75. The van der Waals surface area contributed by atoms with Gasteiger partial charge in [-0.2, -0.15) is 4.98 Å². The summed E-state index contributed by atoms with van der Waals surface area (Å²) in [5.74, 6) is -1.20. The minimum absolute atomic E-state index is 0.0295. The SMILES string of the molecule is CC.CC.Cc1cc(OC2CC3(C2)CC(F)(F)C3)nc(C)n1. The average molecular weight is 314 g/mol. The van der Waals surface area contributed by atoms with Crippen LogP contribution >= 0.6 is 0 Å². The van der Waals surface area contributed by atoms with Gasteiger partial charge in [-0.3, -0.25) is 0 Å². The highest BCUT2D eigenvalue weighted by Crippen LogP contribution is 2.62. The average Bonchev–Trinajstić information content (AvgIpc) is 2.38. The molecule has 5 heteroatoms. The van der Waals surface area contributed by atoms with E-state index in [9.17, 15) is 8.78 Å². The standard InChI is InChI=1S/C13H16F2N2O.2C2H6/c1-8-3-11(17-9(2)16-8)18-10-4-12(5-10)6-13(14,15)7-12;2*1-2/h3,10H,4-7H2,1-2H3;2*1-2H3. The van der Waals surface area contributed by atoms with Crippen LogP contribution in [-0.2, 0) is 0 Å². The van der Waals surface area contributed by atoms with Crippen molar-refractivity contribution in [3.63, 3.8) is 0 Å². The largest absolute Gasteiger partial charge is 0.474 e. The highest BCUT2D eigenvalue weighted by atomic mass is 19.3. The van der Waals surface area contributed by atoms with E-state index in [1.165, 1.54) is 0 Å². The molecule has 1 spiro atoms. The van der Waals surface area contributed by atoms with E-state index in [1.807, 2.05) is 41.5 Å². The van der Waals surface area contributed by atoms with E-state index in [2.05, 4.69) is 9.97 Å². The topological polar surface area (TPSA) is 35.0 Å². The van der Waals surface area contributed by atoms with Gasteiger partial charge in [0.25, 0.3) is 0 Å². The Balaban J connectivity index is 0.000000561. The van der Waals surface area contributed by atoms with Crippen LogP contribution in [0.2, 0.25) is 0 Å². The van der Waals surface area contributed by atoms with Gasteiger partial charge in [-0.05, 0) is 32.1 Å². The molecule has 2 fully saturated rings. The lowest BCUT2D eigenvalue weighted by Crippen LogP contribution is -2.56. The second kappa shape index (κ2) is 7.34. The molecular weight excluding hydrogens is 286 g/mol. The highest BCUT2D eigenvalue weighted by Gasteiger charge is 2.62. The molecule has 0 amide bonds. The van der Waals surface area contributed by atoms with Gasteiger partial charge in [0.2, 0.25) is 11.8 Å². The smallest absolute Gasteiger partial charge is 0.249 e. The van der Waals surface area contributed by atoms with Gasteiger partial charge in [0.1, 0.15) is 11.9 Å². The van der Waals surface area contributed by atoms with E-state index < -0.39 is 5.92 Å². The lowest BCUT2D eigenvalue weighted by molar-refractivity contribution is -0.215. The first-order chi connectivity index (χ1) is 10.4. The molecule has 0 atom stereocenters. The molecule has 126 valence electrons. The van der Waals surface area contributed by atoms with E-state index in [-0.39, 0.29) is 24.4 Å². The number of halogens is 2. The van der Waals surface area contributed by atoms with Crippen LogP contribution < -0.4 is 4.74 Å². The van der Waals surface area contributed by atoms with Gasteiger partial charge in [-0.25, -0.2) is 13.8 Å². The number of alkyl halides is 2. The molecule has 0 radical (unpaired) electrons. The quantitative estimate of drug-likeness (QED) is 0.761. The van der Waals surface area contributed by atoms with Crippen molar-refractivity contribution in [3.8, 4) is 5.88 Å². The van der Waals surface area contributed by atoms with Crippen LogP contribution in [0.15, 0.2) is 6.07 Å². The maximum Gasteiger partial charge on any atom is 0.249 e. The predicted molar refractivity (Wildman–Crippen MR) is 84.5 cm³/mol. The van der Waals surface area contributed by atoms with Gasteiger partial charge in [0.15, 0.2) is 0 Å². The van der Waals surface area contributed by atoms with Crippen molar-refractivity contribution in [3.05, 3.63) is 17.6 Å². The van der Waals surface area contributed by atoms with Crippen LogP contribution in [0.3, 0.4) is 0 Å². The predicted octanol–water partition coefficient (Wildman–Crippen LogP) is 5.10. The van der Waals surface area contributed by atoms with Crippen LogP contribution in [0.5, 0.6) is 5.88 Å². The first-order valence-electron chi connectivity index (χ1n) is 8.23. The molecule has 2 aliphatic carbocycles. The fraction of sp³-hybridized carbons (Fsp3) is 0.765. The lowest BCUT2D eigenvalue weighted by Gasteiger charge is -2.56. The molecule has 1 heterocycles. The molecule has 1 aromatic rings. The molecule has 0 saturated heterocycles. The molecule has 1 aromatic heterocycles. The second-order valence-corrected chi connectivity index (χ2v) is 5.75. The molecule has 0 aliphatic heterocycles. The Hall–Kier alpha value is -1.26. The Kier molecular flexibility index (Phi) is 6.27. The van der Waals surface area contributed by atoms with Gasteiger partial charge >= 0.3 is 0 Å². The Morgan fingerprint density at radius 1 is 1.05 bits per heavy atom. The summed E-state index contributed by atoms with van der Waals surface area (Å²) >= 11 is 0. The first kappa shape index (κ1) is 18.8. The first-order valence-corrected chi connectivity index (χ1v) is 8.23. The maximum atomic E-state index is 12.9. The number of hydrogen-bond acceptors (Lipinski definition) is 3. The monoisotopic (exact) mass is 314 g/mol. The third-order valence-corrected chi connectivity index (χ3v) is 3.82. The fourth-order valence-electron chi connectivity index (χ4n) is 3.24. The molecule has 3 nitrogen and oxygen atoms in total. The molecule has 0 bridgehead atoms. The Bertz CT molecular complexity index is 455. The van der Waals surface area contributed by atoms with Gasteiger partial charge in [0, 0.05) is 24.6 Å². The van der Waals surface area contributed by atoms with Gasteiger partial charge in [0.05, 0.1) is 0 Å². The Morgan fingerprint density at radius 3 is 2.05 bits per heavy atom. The van der Waals surface area contributed by atoms with Crippen LogP contribution in [-0.4, -0.2) is 22.0 Å². The third-order valence-electron chi connectivity index (χ3n) is 3.82. The van der Waals surface area contributed by atoms with Crippen LogP contribution in [0.25, 0.3) is 0 Å². The Labute approximate surface area is 132 Å². The lowest BCUT2D eigenvalue weighted by atomic mass is 9.53. The molecule has 2 aliphatic rings. The number of aryl methyl sites for hydroxylation is 2. The van der Waals surface area contributed by atoms with Crippen molar-refractivity contribution in [1.82, 2.24) is 9.97 Å². The molecule has 0 unspecified atom stereocenters. The van der Waals surface area contributed by atoms with E-state index in [0.717, 1.165) is 18.5 Å². The molecular formula is C17H28F2N2O. The fourth-order valence-corrected chi connectivity index (χ4v) is 3.24. The summed E-state index contributed by atoms with van der Waals surface area (Å²) in [5, 5.41) is 0. The van der Waals surface area contributed by atoms with Crippen LogP contribution in [0.4, 0.5) is 8.78 Å². The van der Waals surface area contributed by atoms with Crippen molar-refractivity contribution >= 4 is 0 Å². The van der Waals surface area contributed by atoms with Crippen molar-refractivity contribution in [2.45, 2.75) is 79.3 Å². The summed E-state index contributed by atoms with van der Waals surface area (Å²) in [7, 11) is 0. The van der Waals surface area contributed by atoms with Gasteiger partial charge in [-0.1, -0.05) is 27.7 Å².